The molecule has 1 aromatic rings. The van der Waals surface area contributed by atoms with Crippen molar-refractivity contribution in [2.75, 3.05) is 5.32 Å². The number of hydrogen-bond acceptors (Lipinski definition) is 3. The Bertz CT molecular complexity index is 439. The van der Waals surface area contributed by atoms with E-state index < -0.39 is 0 Å². The molecule has 1 saturated carbocycles. The SMILES string of the molecule is N#Cc1ccc(NC2CCCCC2N)c(Cl)c1. The number of nitriles is 1. The molecule has 1 aromatic carbocycles. The fourth-order valence-corrected chi connectivity index (χ4v) is 2.48. The molecule has 3 N–H and O–H groups in total. The molecule has 0 amide bonds. The maximum absolute atomic E-state index is 8.77. The Kier molecular flexibility index (Phi) is 3.88. The van der Waals surface area contributed by atoms with Crippen LogP contribution in [-0.2, 0) is 0 Å². The molecular weight excluding hydrogens is 234 g/mol. The van der Waals surface area contributed by atoms with E-state index in [2.05, 4.69) is 11.4 Å². The van der Waals surface area contributed by atoms with Gasteiger partial charge in [-0.1, -0.05) is 24.4 Å². The van der Waals surface area contributed by atoms with Crippen LogP contribution in [0.15, 0.2) is 18.2 Å². The summed E-state index contributed by atoms with van der Waals surface area (Å²) >= 11 is 6.12. The van der Waals surface area contributed by atoms with Crippen molar-refractivity contribution in [3.63, 3.8) is 0 Å². The highest BCUT2D eigenvalue weighted by Gasteiger charge is 2.21. The molecule has 2 atom stereocenters. The van der Waals surface area contributed by atoms with Gasteiger partial charge in [0, 0.05) is 12.1 Å². The Balaban J connectivity index is 2.10. The second-order valence-electron chi connectivity index (χ2n) is 4.51. The van der Waals surface area contributed by atoms with Gasteiger partial charge < -0.3 is 11.1 Å². The number of rotatable bonds is 2. The van der Waals surface area contributed by atoms with E-state index in [1.165, 1.54) is 12.8 Å². The Hall–Kier alpha value is -1.24. The summed E-state index contributed by atoms with van der Waals surface area (Å²) in [5.74, 6) is 0. The van der Waals surface area contributed by atoms with Gasteiger partial charge >= 0.3 is 0 Å². The average molecular weight is 250 g/mol. The third kappa shape index (κ3) is 2.91. The first kappa shape index (κ1) is 12.2. The summed E-state index contributed by atoms with van der Waals surface area (Å²) in [4.78, 5) is 0. The molecule has 1 aliphatic rings. The summed E-state index contributed by atoms with van der Waals surface area (Å²) in [7, 11) is 0. The van der Waals surface area contributed by atoms with Crippen LogP contribution in [0.2, 0.25) is 5.02 Å². The van der Waals surface area contributed by atoms with Gasteiger partial charge in [-0.15, -0.1) is 0 Å². The third-order valence-electron chi connectivity index (χ3n) is 3.26. The van der Waals surface area contributed by atoms with Gasteiger partial charge in [0.25, 0.3) is 0 Å². The quantitative estimate of drug-likeness (QED) is 0.847. The van der Waals surface area contributed by atoms with Crippen molar-refractivity contribution < 1.29 is 0 Å². The average Bonchev–Trinajstić information content (AvgIpc) is 2.34. The molecule has 0 aromatic heterocycles. The molecule has 1 fully saturated rings. The van der Waals surface area contributed by atoms with E-state index in [4.69, 9.17) is 22.6 Å². The smallest absolute Gasteiger partial charge is 0.0992 e. The topological polar surface area (TPSA) is 61.8 Å². The van der Waals surface area contributed by atoms with E-state index in [1.54, 1.807) is 12.1 Å². The molecule has 0 saturated heterocycles. The lowest BCUT2D eigenvalue weighted by Gasteiger charge is -2.30. The maximum atomic E-state index is 8.77. The Morgan fingerprint density at radius 3 is 2.76 bits per heavy atom. The fraction of sp³-hybridized carbons (Fsp3) is 0.462. The number of nitrogens with two attached hydrogens (primary N) is 1. The van der Waals surface area contributed by atoms with Crippen molar-refractivity contribution in [1.82, 2.24) is 0 Å². The molecule has 0 radical (unpaired) electrons. The molecular formula is C13H16ClN3. The fourth-order valence-electron chi connectivity index (χ4n) is 2.24. The third-order valence-corrected chi connectivity index (χ3v) is 3.57. The minimum absolute atomic E-state index is 0.190. The summed E-state index contributed by atoms with van der Waals surface area (Å²) in [6.45, 7) is 0. The van der Waals surface area contributed by atoms with E-state index in [1.807, 2.05) is 6.07 Å². The highest BCUT2D eigenvalue weighted by atomic mass is 35.5. The molecule has 1 aliphatic carbocycles. The summed E-state index contributed by atoms with van der Waals surface area (Å²) in [5.41, 5.74) is 7.52. The van der Waals surface area contributed by atoms with Crippen molar-refractivity contribution >= 4 is 17.3 Å². The lowest BCUT2D eigenvalue weighted by atomic mass is 9.91. The molecule has 0 heterocycles. The van der Waals surface area contributed by atoms with Crippen LogP contribution in [0, 0.1) is 11.3 Å². The van der Waals surface area contributed by atoms with Gasteiger partial charge in [-0.3, -0.25) is 0 Å². The van der Waals surface area contributed by atoms with E-state index in [0.29, 0.717) is 10.6 Å². The van der Waals surface area contributed by atoms with Crippen molar-refractivity contribution in [3.8, 4) is 6.07 Å². The lowest BCUT2D eigenvalue weighted by molar-refractivity contribution is 0.404. The van der Waals surface area contributed by atoms with Gasteiger partial charge in [0.15, 0.2) is 0 Å². The molecule has 0 bridgehead atoms. The number of anilines is 1. The lowest BCUT2D eigenvalue weighted by Crippen LogP contribution is -2.42. The molecule has 2 rings (SSSR count). The Morgan fingerprint density at radius 2 is 2.12 bits per heavy atom. The molecule has 3 nitrogen and oxygen atoms in total. The highest BCUT2D eigenvalue weighted by molar-refractivity contribution is 6.33. The van der Waals surface area contributed by atoms with Crippen molar-refractivity contribution in [3.05, 3.63) is 28.8 Å². The molecule has 4 heteroatoms. The predicted molar refractivity (Wildman–Crippen MR) is 70.0 cm³/mol. The summed E-state index contributed by atoms with van der Waals surface area (Å²) in [5, 5.41) is 12.7. The van der Waals surface area contributed by atoms with Crippen molar-refractivity contribution in [2.45, 2.75) is 37.8 Å². The number of nitrogens with one attached hydrogen (secondary N) is 1. The molecule has 90 valence electrons. The summed E-state index contributed by atoms with van der Waals surface area (Å²) in [6, 6.07) is 7.84. The number of nitrogens with zero attached hydrogens (tertiary/aromatic N) is 1. The van der Waals surface area contributed by atoms with Crippen LogP contribution in [0.5, 0.6) is 0 Å². The zero-order valence-electron chi connectivity index (χ0n) is 9.62. The van der Waals surface area contributed by atoms with Crippen LogP contribution in [0.3, 0.4) is 0 Å². The largest absolute Gasteiger partial charge is 0.380 e. The molecule has 0 spiro atoms. The zero-order valence-corrected chi connectivity index (χ0v) is 10.4. The van der Waals surface area contributed by atoms with Gasteiger partial charge in [0.05, 0.1) is 22.3 Å². The second kappa shape index (κ2) is 5.39. The van der Waals surface area contributed by atoms with Crippen LogP contribution in [0.1, 0.15) is 31.2 Å². The van der Waals surface area contributed by atoms with Crippen molar-refractivity contribution in [1.29, 1.82) is 5.26 Å². The van der Waals surface area contributed by atoms with E-state index in [0.717, 1.165) is 18.5 Å². The van der Waals surface area contributed by atoms with Gasteiger partial charge in [0.2, 0.25) is 0 Å². The summed E-state index contributed by atoms with van der Waals surface area (Å²) in [6.07, 6.45) is 4.56. The monoisotopic (exact) mass is 249 g/mol. The van der Waals surface area contributed by atoms with Gasteiger partial charge in [-0.25, -0.2) is 0 Å². The second-order valence-corrected chi connectivity index (χ2v) is 4.91. The first-order valence-corrected chi connectivity index (χ1v) is 6.30. The van der Waals surface area contributed by atoms with E-state index in [-0.39, 0.29) is 12.1 Å². The maximum Gasteiger partial charge on any atom is 0.0992 e. The number of hydrogen-bond donors (Lipinski definition) is 2. The standard InChI is InChI=1S/C13H16ClN3/c14-10-7-9(8-15)5-6-12(10)17-13-4-2-1-3-11(13)16/h5-7,11,13,17H,1-4,16H2. The minimum atomic E-state index is 0.190. The molecule has 0 aliphatic heterocycles. The van der Waals surface area contributed by atoms with Crippen LogP contribution in [0.25, 0.3) is 0 Å². The van der Waals surface area contributed by atoms with E-state index in [9.17, 15) is 0 Å². The highest BCUT2D eigenvalue weighted by Crippen LogP contribution is 2.27. The first-order chi connectivity index (χ1) is 8.20. The Morgan fingerprint density at radius 1 is 1.35 bits per heavy atom. The van der Waals surface area contributed by atoms with Crippen molar-refractivity contribution in [2.24, 2.45) is 5.73 Å². The Labute approximate surface area is 107 Å². The van der Waals surface area contributed by atoms with Gasteiger partial charge in [-0.2, -0.15) is 5.26 Å². The van der Waals surface area contributed by atoms with Crippen LogP contribution in [0.4, 0.5) is 5.69 Å². The first-order valence-electron chi connectivity index (χ1n) is 5.92. The molecule has 17 heavy (non-hydrogen) atoms. The number of halogens is 1. The van der Waals surface area contributed by atoms with Crippen LogP contribution >= 0.6 is 11.6 Å². The van der Waals surface area contributed by atoms with Crippen LogP contribution in [-0.4, -0.2) is 12.1 Å². The predicted octanol–water partition coefficient (Wildman–Crippen LogP) is 2.89. The minimum Gasteiger partial charge on any atom is -0.380 e. The van der Waals surface area contributed by atoms with Gasteiger partial charge in [-0.05, 0) is 31.0 Å². The normalized spacial score (nSPS) is 24.1. The van der Waals surface area contributed by atoms with Gasteiger partial charge in [0.1, 0.15) is 0 Å². The summed E-state index contributed by atoms with van der Waals surface area (Å²) < 4.78 is 0. The van der Waals surface area contributed by atoms with E-state index >= 15 is 0 Å². The molecule has 2 unspecified atom stereocenters. The van der Waals surface area contributed by atoms with Crippen LogP contribution < -0.4 is 11.1 Å². The zero-order chi connectivity index (χ0) is 12.3. The number of benzene rings is 1.